The Kier molecular flexibility index (Phi) is 10.7. The van der Waals surface area contributed by atoms with Crippen LogP contribution in [0.1, 0.15) is 24.0 Å². The third-order valence-corrected chi connectivity index (χ3v) is 6.54. The van der Waals surface area contributed by atoms with E-state index in [9.17, 15) is 8.60 Å². The van der Waals surface area contributed by atoms with Crippen molar-refractivity contribution in [2.75, 3.05) is 37.3 Å². The van der Waals surface area contributed by atoms with Crippen LogP contribution in [0, 0.1) is 12.7 Å². The Bertz CT molecular complexity index is 881. The molecule has 0 amide bonds. The van der Waals surface area contributed by atoms with Crippen LogP contribution in [-0.2, 0) is 16.6 Å². The number of nitrogens with one attached hydrogen (secondary N) is 2. The summed E-state index contributed by atoms with van der Waals surface area (Å²) in [7, 11) is 0.806. The van der Waals surface area contributed by atoms with Crippen molar-refractivity contribution < 1.29 is 8.60 Å². The van der Waals surface area contributed by atoms with Gasteiger partial charge in [0.15, 0.2) is 5.96 Å². The molecule has 2 N–H and O–H groups in total. The summed E-state index contributed by atoms with van der Waals surface area (Å²) in [6.07, 6.45) is 1.99. The zero-order valence-corrected chi connectivity index (χ0v) is 21.3. The molecule has 0 spiro atoms. The molecule has 1 aliphatic heterocycles. The van der Waals surface area contributed by atoms with Crippen molar-refractivity contribution in [1.29, 1.82) is 0 Å². The van der Waals surface area contributed by atoms with Crippen LogP contribution in [0.2, 0.25) is 0 Å². The van der Waals surface area contributed by atoms with Crippen LogP contribution in [0.4, 0.5) is 10.1 Å². The fourth-order valence-electron chi connectivity index (χ4n) is 3.68. The van der Waals surface area contributed by atoms with Gasteiger partial charge >= 0.3 is 0 Å². The molecule has 0 radical (unpaired) electrons. The maximum absolute atomic E-state index is 14.3. The molecule has 1 saturated heterocycles. The molecule has 0 saturated carbocycles. The molecule has 0 aliphatic carbocycles. The predicted molar refractivity (Wildman–Crippen MR) is 139 cm³/mol. The highest BCUT2D eigenvalue weighted by atomic mass is 127. The van der Waals surface area contributed by atoms with Crippen molar-refractivity contribution in [2.24, 2.45) is 4.99 Å². The predicted octanol–water partition coefficient (Wildman–Crippen LogP) is 3.83. The van der Waals surface area contributed by atoms with Crippen molar-refractivity contribution in [1.82, 2.24) is 10.6 Å². The first-order valence-corrected chi connectivity index (χ1v) is 11.9. The number of piperidine rings is 1. The van der Waals surface area contributed by atoms with Crippen LogP contribution < -0.4 is 15.5 Å². The van der Waals surface area contributed by atoms with Crippen molar-refractivity contribution in [3.8, 4) is 0 Å². The van der Waals surface area contributed by atoms with E-state index in [4.69, 9.17) is 0 Å². The van der Waals surface area contributed by atoms with Gasteiger partial charge in [0.25, 0.3) is 0 Å². The Balaban J connectivity index is 0.00000341. The van der Waals surface area contributed by atoms with Gasteiger partial charge in [-0.3, -0.25) is 9.20 Å². The lowest BCUT2D eigenvalue weighted by molar-refractivity contribution is 0.463. The summed E-state index contributed by atoms with van der Waals surface area (Å²) in [5.41, 5.74) is 2.81. The lowest BCUT2D eigenvalue weighted by Gasteiger charge is -2.35. The third kappa shape index (κ3) is 8.07. The van der Waals surface area contributed by atoms with Crippen LogP contribution >= 0.6 is 24.0 Å². The van der Waals surface area contributed by atoms with E-state index in [1.165, 1.54) is 6.07 Å². The smallest absolute Gasteiger partial charge is 0.191 e. The minimum atomic E-state index is -0.927. The van der Waals surface area contributed by atoms with Gasteiger partial charge in [0.2, 0.25) is 0 Å². The Hall–Kier alpha value is -1.68. The van der Waals surface area contributed by atoms with Gasteiger partial charge in [0, 0.05) is 55.0 Å². The molecule has 0 bridgehead atoms. The molecular weight excluding hydrogens is 526 g/mol. The largest absolute Gasteiger partial charge is 0.367 e. The van der Waals surface area contributed by atoms with E-state index in [2.05, 4.69) is 20.5 Å². The second-order valence-corrected chi connectivity index (χ2v) is 9.23. The minimum Gasteiger partial charge on any atom is -0.367 e. The lowest BCUT2D eigenvalue weighted by Crippen LogP contribution is -2.51. The van der Waals surface area contributed by atoms with Crippen LogP contribution in [-0.4, -0.2) is 48.6 Å². The molecule has 31 heavy (non-hydrogen) atoms. The van der Waals surface area contributed by atoms with Crippen molar-refractivity contribution >= 4 is 46.4 Å². The summed E-state index contributed by atoms with van der Waals surface area (Å²) in [5, 5.41) is 6.70. The molecule has 1 heterocycles. The number of benzene rings is 2. The van der Waals surface area contributed by atoms with E-state index >= 15 is 0 Å². The van der Waals surface area contributed by atoms with E-state index in [1.807, 2.05) is 43.3 Å². The lowest BCUT2D eigenvalue weighted by atomic mass is 10.0. The second kappa shape index (κ2) is 13.0. The summed E-state index contributed by atoms with van der Waals surface area (Å²) in [6, 6.07) is 15.3. The molecule has 0 aromatic heterocycles. The molecule has 170 valence electrons. The number of hydrogen-bond acceptors (Lipinski definition) is 3. The maximum Gasteiger partial charge on any atom is 0.191 e. The van der Waals surface area contributed by atoms with Crippen LogP contribution in [0.5, 0.6) is 0 Å². The summed E-state index contributed by atoms with van der Waals surface area (Å²) < 4.78 is 26.6. The fraction of sp³-hybridized carbons (Fsp3) is 0.435. The van der Waals surface area contributed by atoms with Gasteiger partial charge in [-0.25, -0.2) is 4.39 Å². The first-order chi connectivity index (χ1) is 14.5. The van der Waals surface area contributed by atoms with Crippen molar-refractivity contribution in [3.05, 3.63) is 65.5 Å². The number of rotatable bonds is 7. The number of nitrogens with zero attached hydrogens (tertiary/aromatic N) is 2. The first kappa shape index (κ1) is 25.6. The number of halogens is 2. The van der Waals surface area contributed by atoms with Gasteiger partial charge in [0.05, 0.1) is 5.69 Å². The number of anilines is 1. The number of aliphatic imine (C=N–C) groups is 1. The summed E-state index contributed by atoms with van der Waals surface area (Å²) in [4.78, 5) is 6.40. The molecule has 2 atom stereocenters. The van der Waals surface area contributed by atoms with Crippen LogP contribution in [0.15, 0.2) is 53.5 Å². The van der Waals surface area contributed by atoms with E-state index < -0.39 is 10.8 Å². The van der Waals surface area contributed by atoms with Gasteiger partial charge in [-0.15, -0.1) is 24.0 Å². The summed E-state index contributed by atoms with van der Waals surface area (Å²) >= 11 is 0. The molecule has 8 heteroatoms. The standard InChI is InChI=1S/C23H31FN4OS.HI/c1-18-10-11-21(24)22(15-18)28-13-6-9-20(16-28)27-23(25-2)26-12-14-30(29)17-19-7-4-3-5-8-19;/h3-5,7-8,10-11,15,20H,6,9,12-14,16-17H2,1-2H3,(H2,25,26,27);1H. The van der Waals surface area contributed by atoms with Crippen LogP contribution in [0.3, 0.4) is 0 Å². The van der Waals surface area contributed by atoms with Gasteiger partial charge in [0.1, 0.15) is 5.82 Å². The topological polar surface area (TPSA) is 56.7 Å². The summed E-state index contributed by atoms with van der Waals surface area (Å²) in [5.74, 6) is 1.64. The van der Waals surface area contributed by atoms with Gasteiger partial charge in [-0.05, 0) is 43.0 Å². The molecular formula is C23H32FIN4OS. The normalized spacial score (nSPS) is 17.6. The fourth-order valence-corrected chi connectivity index (χ4v) is 4.72. The summed E-state index contributed by atoms with van der Waals surface area (Å²) in [6.45, 7) is 4.14. The molecule has 5 nitrogen and oxygen atoms in total. The SMILES string of the molecule is CN=C(NCCS(=O)Cc1ccccc1)NC1CCCN(c2cc(C)ccc2F)C1.I. The zero-order chi connectivity index (χ0) is 21.3. The van der Waals surface area contributed by atoms with Gasteiger partial charge < -0.3 is 15.5 Å². The number of guanidine groups is 1. The van der Waals surface area contributed by atoms with E-state index in [0.29, 0.717) is 29.7 Å². The van der Waals surface area contributed by atoms with E-state index in [-0.39, 0.29) is 35.8 Å². The van der Waals surface area contributed by atoms with E-state index in [1.54, 1.807) is 13.1 Å². The molecule has 1 aliphatic rings. The highest BCUT2D eigenvalue weighted by Crippen LogP contribution is 2.24. The van der Waals surface area contributed by atoms with Crippen LogP contribution in [0.25, 0.3) is 0 Å². The third-order valence-electron chi connectivity index (χ3n) is 5.22. The Morgan fingerprint density at radius 2 is 2.03 bits per heavy atom. The zero-order valence-electron chi connectivity index (χ0n) is 18.1. The maximum atomic E-state index is 14.3. The quantitative estimate of drug-likeness (QED) is 0.308. The van der Waals surface area contributed by atoms with Gasteiger partial charge in [-0.2, -0.15) is 0 Å². The molecule has 2 unspecified atom stereocenters. The average Bonchev–Trinajstić information content (AvgIpc) is 2.75. The molecule has 2 aromatic rings. The molecule has 1 fully saturated rings. The molecule has 3 rings (SSSR count). The Morgan fingerprint density at radius 1 is 1.26 bits per heavy atom. The monoisotopic (exact) mass is 558 g/mol. The molecule has 2 aromatic carbocycles. The first-order valence-electron chi connectivity index (χ1n) is 10.4. The Morgan fingerprint density at radius 3 is 2.77 bits per heavy atom. The Labute approximate surface area is 204 Å². The van der Waals surface area contributed by atoms with E-state index in [0.717, 1.165) is 37.1 Å². The average molecular weight is 559 g/mol. The number of hydrogen-bond donors (Lipinski definition) is 2. The highest BCUT2D eigenvalue weighted by Gasteiger charge is 2.23. The van der Waals surface area contributed by atoms with Gasteiger partial charge in [-0.1, -0.05) is 36.4 Å². The number of aryl methyl sites for hydroxylation is 1. The highest BCUT2D eigenvalue weighted by molar-refractivity contribution is 14.0. The van der Waals surface area contributed by atoms with Crippen molar-refractivity contribution in [2.45, 2.75) is 31.6 Å². The minimum absolute atomic E-state index is 0. The van der Waals surface area contributed by atoms with Crippen molar-refractivity contribution in [3.63, 3.8) is 0 Å². The second-order valence-electron chi connectivity index (χ2n) is 7.66.